The molecular formula is C14H13FN2O2. The van der Waals surface area contributed by atoms with Crippen LogP contribution in [0.3, 0.4) is 0 Å². The number of hydrogen-bond donors (Lipinski definition) is 1. The molecule has 0 spiro atoms. The zero-order valence-electron chi connectivity index (χ0n) is 10.6. The first-order valence-corrected chi connectivity index (χ1v) is 5.68. The first kappa shape index (κ1) is 13.0. The Morgan fingerprint density at radius 1 is 1.32 bits per heavy atom. The molecule has 0 saturated heterocycles. The van der Waals surface area contributed by atoms with Crippen LogP contribution in [0.5, 0.6) is 5.75 Å². The number of ether oxygens (including phenoxy) is 1. The Labute approximate surface area is 110 Å². The highest BCUT2D eigenvalue weighted by Gasteiger charge is 2.09. The summed E-state index contributed by atoms with van der Waals surface area (Å²) in [7, 11) is 1.58. The van der Waals surface area contributed by atoms with Crippen molar-refractivity contribution in [3.63, 3.8) is 0 Å². The van der Waals surface area contributed by atoms with Gasteiger partial charge in [0.1, 0.15) is 11.4 Å². The molecule has 0 saturated carbocycles. The number of amides is 1. The number of carbonyl (C=O) groups excluding carboxylic acids is 1. The van der Waals surface area contributed by atoms with Crippen LogP contribution in [-0.4, -0.2) is 18.0 Å². The second kappa shape index (κ2) is 5.48. The Morgan fingerprint density at radius 2 is 2.11 bits per heavy atom. The molecule has 4 nitrogen and oxygen atoms in total. The maximum absolute atomic E-state index is 12.9. The largest absolute Gasteiger partial charge is 0.496 e. The molecule has 5 heteroatoms. The number of carbonyl (C=O) groups is 1. The van der Waals surface area contributed by atoms with E-state index < -0.39 is 11.9 Å². The number of methoxy groups -OCH3 is 1. The fourth-order valence-electron chi connectivity index (χ4n) is 1.69. The van der Waals surface area contributed by atoms with E-state index in [1.54, 1.807) is 25.3 Å². The highest BCUT2D eigenvalue weighted by Crippen LogP contribution is 2.21. The average Bonchev–Trinajstić information content (AvgIpc) is 2.39. The number of hydrogen-bond acceptors (Lipinski definition) is 3. The second-order valence-corrected chi connectivity index (χ2v) is 3.98. The van der Waals surface area contributed by atoms with E-state index in [-0.39, 0.29) is 5.69 Å². The Morgan fingerprint density at radius 3 is 2.74 bits per heavy atom. The Kier molecular flexibility index (Phi) is 3.75. The lowest BCUT2D eigenvalue weighted by Gasteiger charge is -2.08. The van der Waals surface area contributed by atoms with E-state index >= 15 is 0 Å². The van der Waals surface area contributed by atoms with Crippen LogP contribution in [0.2, 0.25) is 0 Å². The molecule has 1 aromatic heterocycles. The van der Waals surface area contributed by atoms with E-state index in [2.05, 4.69) is 10.3 Å². The van der Waals surface area contributed by atoms with Gasteiger partial charge in [-0.25, -0.2) is 4.98 Å². The molecule has 0 fully saturated rings. The Bertz CT molecular complexity index is 614. The average molecular weight is 260 g/mol. The van der Waals surface area contributed by atoms with Crippen molar-refractivity contribution < 1.29 is 13.9 Å². The van der Waals surface area contributed by atoms with Gasteiger partial charge in [-0.05, 0) is 42.8 Å². The van der Waals surface area contributed by atoms with Gasteiger partial charge in [0.25, 0.3) is 5.91 Å². The molecule has 0 aliphatic carbocycles. The quantitative estimate of drug-likeness (QED) is 0.863. The highest BCUT2D eigenvalue weighted by molar-refractivity contribution is 6.02. The minimum atomic E-state index is -0.682. The van der Waals surface area contributed by atoms with Gasteiger partial charge in [0, 0.05) is 5.69 Å². The van der Waals surface area contributed by atoms with Gasteiger partial charge in [0.05, 0.1) is 7.11 Å². The van der Waals surface area contributed by atoms with Crippen LogP contribution >= 0.6 is 0 Å². The summed E-state index contributed by atoms with van der Waals surface area (Å²) in [6, 6.07) is 9.32. The van der Waals surface area contributed by atoms with Gasteiger partial charge in [-0.15, -0.1) is 0 Å². The summed E-state index contributed by atoms with van der Waals surface area (Å²) in [6.45, 7) is 1.87. The highest BCUT2D eigenvalue weighted by atomic mass is 19.1. The molecule has 0 radical (unpaired) electrons. The summed E-state index contributed by atoms with van der Waals surface area (Å²) >= 11 is 0. The molecule has 1 N–H and O–H groups in total. The topological polar surface area (TPSA) is 51.2 Å². The molecule has 0 atom stereocenters. The first-order chi connectivity index (χ1) is 9.10. The fraction of sp³-hybridized carbons (Fsp3) is 0.143. The number of rotatable bonds is 3. The standard InChI is InChI=1S/C14H13FN2O2/c1-9-8-10(6-7-12(9)19-2)16-14(18)11-4-3-5-13(15)17-11/h3-8H,1-2H3,(H,16,18). The number of anilines is 1. The number of nitrogens with zero attached hydrogens (tertiary/aromatic N) is 1. The summed E-state index contributed by atoms with van der Waals surface area (Å²) in [5.41, 5.74) is 1.54. The van der Waals surface area contributed by atoms with E-state index in [0.29, 0.717) is 5.69 Å². The van der Waals surface area contributed by atoms with E-state index in [0.717, 1.165) is 11.3 Å². The van der Waals surface area contributed by atoms with Crippen LogP contribution < -0.4 is 10.1 Å². The zero-order chi connectivity index (χ0) is 13.8. The number of nitrogens with one attached hydrogen (secondary N) is 1. The third-order valence-corrected chi connectivity index (χ3v) is 2.60. The molecule has 1 heterocycles. The van der Waals surface area contributed by atoms with E-state index in [1.165, 1.54) is 18.2 Å². The first-order valence-electron chi connectivity index (χ1n) is 5.68. The van der Waals surface area contributed by atoms with Gasteiger partial charge in [0.15, 0.2) is 0 Å². The molecule has 0 bridgehead atoms. The number of aromatic nitrogens is 1. The van der Waals surface area contributed by atoms with Crippen LogP contribution in [0.4, 0.5) is 10.1 Å². The van der Waals surface area contributed by atoms with E-state index in [4.69, 9.17) is 4.74 Å². The zero-order valence-corrected chi connectivity index (χ0v) is 10.6. The van der Waals surface area contributed by atoms with Crippen LogP contribution in [0.15, 0.2) is 36.4 Å². The lowest BCUT2D eigenvalue weighted by molar-refractivity contribution is 0.102. The molecule has 1 amide bonds. The lowest BCUT2D eigenvalue weighted by Crippen LogP contribution is -2.14. The Balaban J connectivity index is 2.17. The van der Waals surface area contributed by atoms with Gasteiger partial charge in [-0.3, -0.25) is 4.79 Å². The predicted molar refractivity (Wildman–Crippen MR) is 69.9 cm³/mol. The van der Waals surface area contributed by atoms with Crippen molar-refractivity contribution in [3.8, 4) is 5.75 Å². The third kappa shape index (κ3) is 3.07. The van der Waals surface area contributed by atoms with Crippen LogP contribution in [-0.2, 0) is 0 Å². The maximum atomic E-state index is 12.9. The smallest absolute Gasteiger partial charge is 0.274 e. The maximum Gasteiger partial charge on any atom is 0.274 e. The number of pyridine rings is 1. The third-order valence-electron chi connectivity index (χ3n) is 2.60. The summed E-state index contributed by atoms with van der Waals surface area (Å²) in [6.07, 6.45) is 0. The Hall–Kier alpha value is -2.43. The minimum Gasteiger partial charge on any atom is -0.496 e. The summed E-state index contributed by atoms with van der Waals surface area (Å²) in [5.74, 6) is -0.399. The van der Waals surface area contributed by atoms with Gasteiger partial charge in [0.2, 0.25) is 5.95 Å². The van der Waals surface area contributed by atoms with E-state index in [9.17, 15) is 9.18 Å². The minimum absolute atomic E-state index is 0.0356. The fourth-order valence-corrected chi connectivity index (χ4v) is 1.69. The summed E-state index contributed by atoms with van der Waals surface area (Å²) < 4.78 is 18.1. The van der Waals surface area contributed by atoms with Crippen LogP contribution in [0.25, 0.3) is 0 Å². The van der Waals surface area contributed by atoms with Crippen LogP contribution in [0, 0.1) is 12.9 Å². The summed E-state index contributed by atoms with van der Waals surface area (Å²) in [5, 5.41) is 2.65. The molecule has 2 aromatic rings. The molecule has 0 aliphatic rings. The molecule has 2 rings (SSSR count). The predicted octanol–water partition coefficient (Wildman–Crippen LogP) is 2.79. The normalized spacial score (nSPS) is 10.1. The van der Waals surface area contributed by atoms with Gasteiger partial charge in [-0.1, -0.05) is 6.07 Å². The number of aryl methyl sites for hydroxylation is 1. The molecule has 0 aliphatic heterocycles. The second-order valence-electron chi connectivity index (χ2n) is 3.98. The SMILES string of the molecule is COc1ccc(NC(=O)c2cccc(F)n2)cc1C. The monoisotopic (exact) mass is 260 g/mol. The lowest BCUT2D eigenvalue weighted by atomic mass is 10.2. The van der Waals surface area contributed by atoms with Gasteiger partial charge >= 0.3 is 0 Å². The van der Waals surface area contributed by atoms with Crippen molar-refractivity contribution in [1.82, 2.24) is 4.98 Å². The van der Waals surface area contributed by atoms with E-state index in [1.807, 2.05) is 6.92 Å². The van der Waals surface area contributed by atoms with Gasteiger partial charge < -0.3 is 10.1 Å². The van der Waals surface area contributed by atoms with Crippen molar-refractivity contribution in [2.45, 2.75) is 6.92 Å². The number of halogens is 1. The molecule has 98 valence electrons. The van der Waals surface area contributed by atoms with Crippen molar-refractivity contribution in [3.05, 3.63) is 53.6 Å². The van der Waals surface area contributed by atoms with Crippen molar-refractivity contribution in [1.29, 1.82) is 0 Å². The molecular weight excluding hydrogens is 247 g/mol. The van der Waals surface area contributed by atoms with Crippen molar-refractivity contribution >= 4 is 11.6 Å². The molecule has 19 heavy (non-hydrogen) atoms. The van der Waals surface area contributed by atoms with Crippen LogP contribution in [0.1, 0.15) is 16.1 Å². The number of benzene rings is 1. The van der Waals surface area contributed by atoms with Crippen molar-refractivity contribution in [2.24, 2.45) is 0 Å². The summed E-state index contributed by atoms with van der Waals surface area (Å²) in [4.78, 5) is 15.4. The van der Waals surface area contributed by atoms with Gasteiger partial charge in [-0.2, -0.15) is 4.39 Å². The van der Waals surface area contributed by atoms with Crippen molar-refractivity contribution in [2.75, 3.05) is 12.4 Å². The molecule has 0 unspecified atom stereocenters. The molecule has 1 aromatic carbocycles.